The number of aliphatic hydroxyl groups excluding tert-OH is 1. The van der Waals surface area contributed by atoms with Gasteiger partial charge in [-0.25, -0.2) is 9.50 Å². The minimum Gasteiger partial charge on any atom is -0.394 e. The summed E-state index contributed by atoms with van der Waals surface area (Å²) in [6, 6.07) is 1.85. The number of likely N-dealkylation sites (tertiary alicyclic amines) is 1. The first kappa shape index (κ1) is 14.0. The normalized spacial score (nSPS) is 19.2. The first-order chi connectivity index (χ1) is 10.1. The molecule has 0 aliphatic carbocycles. The molecule has 1 fully saturated rings. The standard InChI is InChI=1S/C15H20N4O2/c1-10-7-11(2)19-14(17-10)13(8-16-19)15(21)18-6-4-3-5-12(18)9-20/h7-8,12,20H,3-6,9H2,1-2H3. The van der Waals surface area contributed by atoms with Gasteiger partial charge in [-0.15, -0.1) is 0 Å². The summed E-state index contributed by atoms with van der Waals surface area (Å²) >= 11 is 0. The third-order valence-electron chi connectivity index (χ3n) is 4.11. The zero-order valence-corrected chi connectivity index (χ0v) is 12.4. The lowest BCUT2D eigenvalue weighted by Gasteiger charge is -2.34. The van der Waals surface area contributed by atoms with Crippen LogP contribution in [0.25, 0.3) is 5.65 Å². The fourth-order valence-corrected chi connectivity index (χ4v) is 3.03. The van der Waals surface area contributed by atoms with Crippen LogP contribution < -0.4 is 0 Å². The van der Waals surface area contributed by atoms with Gasteiger partial charge < -0.3 is 10.0 Å². The van der Waals surface area contributed by atoms with Crippen LogP contribution in [0.2, 0.25) is 0 Å². The SMILES string of the molecule is Cc1cc(C)n2ncc(C(=O)N3CCCCC3CO)c2n1. The van der Waals surface area contributed by atoms with Crippen molar-refractivity contribution in [3.05, 3.63) is 29.2 Å². The Morgan fingerprint density at radius 3 is 3.00 bits per heavy atom. The van der Waals surface area contributed by atoms with Gasteiger partial charge in [0.05, 0.1) is 18.8 Å². The summed E-state index contributed by atoms with van der Waals surface area (Å²) in [5.74, 6) is -0.0822. The first-order valence-electron chi connectivity index (χ1n) is 7.35. The summed E-state index contributed by atoms with van der Waals surface area (Å²) in [6.45, 7) is 4.55. The van der Waals surface area contributed by atoms with Crippen LogP contribution in [0.4, 0.5) is 0 Å². The second-order valence-electron chi connectivity index (χ2n) is 5.66. The molecule has 0 saturated carbocycles. The molecule has 21 heavy (non-hydrogen) atoms. The number of hydrogen-bond donors (Lipinski definition) is 1. The third kappa shape index (κ3) is 2.40. The van der Waals surface area contributed by atoms with Crippen molar-refractivity contribution in [3.8, 4) is 0 Å². The quantitative estimate of drug-likeness (QED) is 0.905. The lowest BCUT2D eigenvalue weighted by Crippen LogP contribution is -2.45. The van der Waals surface area contributed by atoms with Crippen molar-refractivity contribution in [3.63, 3.8) is 0 Å². The Bertz CT molecular complexity index is 680. The predicted octanol–water partition coefficient (Wildman–Crippen LogP) is 1.33. The number of hydrogen-bond acceptors (Lipinski definition) is 4. The van der Waals surface area contributed by atoms with Gasteiger partial charge in [0, 0.05) is 17.9 Å². The van der Waals surface area contributed by atoms with Crippen LogP contribution in [0, 0.1) is 13.8 Å². The first-order valence-corrected chi connectivity index (χ1v) is 7.35. The highest BCUT2D eigenvalue weighted by molar-refractivity contribution is 5.99. The smallest absolute Gasteiger partial charge is 0.259 e. The maximum Gasteiger partial charge on any atom is 0.259 e. The Balaban J connectivity index is 2.01. The molecular formula is C15H20N4O2. The number of aliphatic hydroxyl groups is 1. The number of aromatic nitrogens is 3. The molecule has 2 aromatic rings. The minimum absolute atomic E-state index is 0.0104. The molecule has 112 valence electrons. The van der Waals surface area contributed by atoms with Crippen LogP contribution in [0.15, 0.2) is 12.3 Å². The van der Waals surface area contributed by atoms with Crippen LogP contribution in [0.1, 0.15) is 41.0 Å². The number of carbonyl (C=O) groups excluding carboxylic acids is 1. The largest absolute Gasteiger partial charge is 0.394 e. The second kappa shape index (κ2) is 5.44. The Kier molecular flexibility index (Phi) is 3.63. The van der Waals surface area contributed by atoms with Crippen molar-refractivity contribution in [2.24, 2.45) is 0 Å². The molecule has 1 aliphatic rings. The van der Waals surface area contributed by atoms with E-state index < -0.39 is 0 Å². The van der Waals surface area contributed by atoms with Crippen LogP contribution in [0.3, 0.4) is 0 Å². The molecule has 3 rings (SSSR count). The molecule has 3 heterocycles. The molecular weight excluding hydrogens is 268 g/mol. The molecule has 6 nitrogen and oxygen atoms in total. The van der Waals surface area contributed by atoms with Gasteiger partial charge in [0.25, 0.3) is 5.91 Å². The maximum atomic E-state index is 12.8. The average Bonchev–Trinajstić information content (AvgIpc) is 2.90. The van der Waals surface area contributed by atoms with Crippen molar-refractivity contribution in [1.82, 2.24) is 19.5 Å². The maximum absolute atomic E-state index is 12.8. The molecule has 1 saturated heterocycles. The Morgan fingerprint density at radius 2 is 2.24 bits per heavy atom. The van der Waals surface area contributed by atoms with E-state index in [1.807, 2.05) is 19.9 Å². The Morgan fingerprint density at radius 1 is 1.43 bits per heavy atom. The molecule has 0 aromatic carbocycles. The summed E-state index contributed by atoms with van der Waals surface area (Å²) < 4.78 is 1.69. The molecule has 1 aliphatic heterocycles. The average molecular weight is 288 g/mol. The summed E-state index contributed by atoms with van der Waals surface area (Å²) in [7, 11) is 0. The van der Waals surface area contributed by atoms with Gasteiger partial charge in [0.15, 0.2) is 5.65 Å². The highest BCUT2D eigenvalue weighted by Gasteiger charge is 2.29. The summed E-state index contributed by atoms with van der Waals surface area (Å²) in [4.78, 5) is 19.0. The van der Waals surface area contributed by atoms with Crippen LogP contribution in [-0.4, -0.2) is 49.7 Å². The monoisotopic (exact) mass is 288 g/mol. The number of nitrogens with zero attached hydrogens (tertiary/aromatic N) is 4. The van der Waals surface area contributed by atoms with Crippen molar-refractivity contribution in [2.45, 2.75) is 39.2 Å². The number of aryl methyl sites for hydroxylation is 2. The van der Waals surface area contributed by atoms with Gasteiger partial charge in [-0.3, -0.25) is 4.79 Å². The summed E-state index contributed by atoms with van der Waals surface area (Å²) in [5, 5.41) is 13.7. The summed E-state index contributed by atoms with van der Waals surface area (Å²) in [6.07, 6.45) is 4.47. The van der Waals surface area contributed by atoms with Crippen molar-refractivity contribution in [2.75, 3.05) is 13.2 Å². The number of carbonyl (C=O) groups is 1. The van der Waals surface area contributed by atoms with Gasteiger partial charge in [-0.1, -0.05) is 0 Å². The number of rotatable bonds is 2. The molecule has 0 spiro atoms. The predicted molar refractivity (Wildman–Crippen MR) is 78.2 cm³/mol. The van der Waals surface area contributed by atoms with Gasteiger partial charge in [0.1, 0.15) is 5.56 Å². The molecule has 1 amide bonds. The minimum atomic E-state index is -0.0906. The third-order valence-corrected chi connectivity index (χ3v) is 4.11. The van der Waals surface area contributed by atoms with E-state index in [1.165, 1.54) is 0 Å². The zero-order valence-electron chi connectivity index (χ0n) is 12.4. The number of piperidine rings is 1. The zero-order chi connectivity index (χ0) is 15.0. The van der Waals surface area contributed by atoms with E-state index >= 15 is 0 Å². The molecule has 0 radical (unpaired) electrons. The van der Waals surface area contributed by atoms with Gasteiger partial charge >= 0.3 is 0 Å². The van der Waals surface area contributed by atoms with Crippen LogP contribution in [0.5, 0.6) is 0 Å². The fraction of sp³-hybridized carbons (Fsp3) is 0.533. The lowest BCUT2D eigenvalue weighted by molar-refractivity contribution is 0.0504. The van der Waals surface area contributed by atoms with Crippen LogP contribution in [-0.2, 0) is 0 Å². The number of amides is 1. The highest BCUT2D eigenvalue weighted by Crippen LogP contribution is 2.21. The summed E-state index contributed by atoms with van der Waals surface area (Å²) in [5.41, 5.74) is 2.93. The topological polar surface area (TPSA) is 70.7 Å². The molecule has 1 unspecified atom stereocenters. The van der Waals surface area contributed by atoms with Gasteiger partial charge in [0.2, 0.25) is 0 Å². The molecule has 2 aromatic heterocycles. The molecule has 0 bridgehead atoms. The van der Waals surface area contributed by atoms with Gasteiger partial charge in [-0.05, 0) is 39.2 Å². The second-order valence-corrected chi connectivity index (χ2v) is 5.66. The highest BCUT2D eigenvalue weighted by atomic mass is 16.3. The van der Waals surface area contributed by atoms with E-state index in [4.69, 9.17) is 0 Å². The lowest BCUT2D eigenvalue weighted by atomic mass is 10.0. The van der Waals surface area contributed by atoms with Crippen molar-refractivity contribution < 1.29 is 9.90 Å². The number of fused-ring (bicyclic) bond motifs is 1. The van der Waals surface area contributed by atoms with E-state index in [-0.39, 0.29) is 18.6 Å². The molecule has 6 heteroatoms. The van der Waals surface area contributed by atoms with E-state index in [0.29, 0.717) is 17.8 Å². The molecule has 1 atom stereocenters. The fourth-order valence-electron chi connectivity index (χ4n) is 3.03. The van der Waals surface area contributed by atoms with Gasteiger partial charge in [-0.2, -0.15) is 5.10 Å². The van der Waals surface area contributed by atoms with E-state index in [1.54, 1.807) is 15.6 Å². The van der Waals surface area contributed by atoms with Crippen molar-refractivity contribution >= 4 is 11.6 Å². The van der Waals surface area contributed by atoms with E-state index in [0.717, 1.165) is 30.7 Å². The Hall–Kier alpha value is -1.95. The Labute approximate surface area is 123 Å². The van der Waals surface area contributed by atoms with E-state index in [9.17, 15) is 9.90 Å². The molecule has 1 N–H and O–H groups in total. The van der Waals surface area contributed by atoms with E-state index in [2.05, 4.69) is 10.1 Å². The van der Waals surface area contributed by atoms with Crippen molar-refractivity contribution in [1.29, 1.82) is 0 Å². The van der Waals surface area contributed by atoms with Crippen LogP contribution >= 0.6 is 0 Å².